The lowest BCUT2D eigenvalue weighted by Gasteiger charge is -2.32. The van der Waals surface area contributed by atoms with Gasteiger partial charge in [0, 0.05) is 37.3 Å². The van der Waals surface area contributed by atoms with Crippen molar-refractivity contribution in [1.82, 2.24) is 14.8 Å². The Morgan fingerprint density at radius 3 is 3.10 bits per heavy atom. The highest BCUT2D eigenvalue weighted by Gasteiger charge is 2.38. The van der Waals surface area contributed by atoms with E-state index in [1.54, 1.807) is 17.6 Å². The first-order valence-corrected chi connectivity index (χ1v) is 8.12. The number of piperidine rings is 1. The van der Waals surface area contributed by atoms with Crippen molar-refractivity contribution in [2.45, 2.75) is 25.6 Å². The third-order valence-electron chi connectivity index (χ3n) is 4.38. The van der Waals surface area contributed by atoms with Crippen LogP contribution in [0.15, 0.2) is 34.4 Å². The van der Waals surface area contributed by atoms with Gasteiger partial charge in [0.15, 0.2) is 0 Å². The second-order valence-corrected chi connectivity index (χ2v) is 6.86. The predicted molar refractivity (Wildman–Crippen MR) is 78.4 cm³/mol. The fraction of sp³-hybridized carbons (Fsp3) is 0.533. The van der Waals surface area contributed by atoms with E-state index >= 15 is 0 Å². The number of likely N-dealkylation sites (tertiary alicyclic amines) is 2. The van der Waals surface area contributed by atoms with Crippen molar-refractivity contribution in [3.05, 3.63) is 40.7 Å². The van der Waals surface area contributed by atoms with Crippen LogP contribution < -0.4 is 0 Å². The van der Waals surface area contributed by atoms with Crippen LogP contribution in [0.5, 0.6) is 0 Å². The second kappa shape index (κ2) is 5.31. The molecule has 4 nitrogen and oxygen atoms in total. The van der Waals surface area contributed by atoms with Gasteiger partial charge in [0.05, 0.1) is 19.4 Å². The number of nitrogens with zero attached hydrogens (tertiary/aromatic N) is 3. The minimum Gasteiger partial charge on any atom is -0.468 e. The van der Waals surface area contributed by atoms with Crippen molar-refractivity contribution < 1.29 is 4.42 Å². The summed E-state index contributed by atoms with van der Waals surface area (Å²) >= 11 is 1.76. The Morgan fingerprint density at radius 2 is 2.30 bits per heavy atom. The molecule has 2 aromatic heterocycles. The van der Waals surface area contributed by atoms with E-state index in [0.29, 0.717) is 6.04 Å². The van der Waals surface area contributed by atoms with Crippen molar-refractivity contribution in [2.24, 2.45) is 5.92 Å². The van der Waals surface area contributed by atoms with Gasteiger partial charge in [-0.15, -0.1) is 11.3 Å². The molecular weight excluding hydrogens is 270 g/mol. The van der Waals surface area contributed by atoms with Crippen LogP contribution in [0.4, 0.5) is 0 Å². The van der Waals surface area contributed by atoms with Crippen LogP contribution in [0.25, 0.3) is 0 Å². The molecule has 2 unspecified atom stereocenters. The molecule has 2 aromatic rings. The highest BCUT2D eigenvalue weighted by Crippen LogP contribution is 2.31. The van der Waals surface area contributed by atoms with Gasteiger partial charge >= 0.3 is 0 Å². The van der Waals surface area contributed by atoms with Gasteiger partial charge in [-0.1, -0.05) is 0 Å². The maximum Gasteiger partial charge on any atom is 0.117 e. The topological polar surface area (TPSA) is 32.5 Å². The van der Waals surface area contributed by atoms with Gasteiger partial charge in [-0.2, -0.15) is 0 Å². The summed E-state index contributed by atoms with van der Waals surface area (Å²) in [5, 5.41) is 3.31. The minimum atomic E-state index is 0.679. The van der Waals surface area contributed by atoms with Crippen LogP contribution in [0.2, 0.25) is 0 Å². The van der Waals surface area contributed by atoms with Crippen molar-refractivity contribution in [2.75, 3.05) is 19.6 Å². The van der Waals surface area contributed by atoms with Gasteiger partial charge in [0.25, 0.3) is 0 Å². The maximum atomic E-state index is 5.49. The zero-order valence-corrected chi connectivity index (χ0v) is 12.3. The van der Waals surface area contributed by atoms with Crippen molar-refractivity contribution in [1.29, 1.82) is 0 Å². The van der Waals surface area contributed by atoms with E-state index in [4.69, 9.17) is 4.42 Å². The summed E-state index contributed by atoms with van der Waals surface area (Å²) in [6.07, 6.45) is 5.02. The Kier molecular flexibility index (Phi) is 3.34. The first-order valence-electron chi connectivity index (χ1n) is 7.24. The van der Waals surface area contributed by atoms with E-state index in [1.165, 1.54) is 24.5 Å². The first kappa shape index (κ1) is 12.6. The summed E-state index contributed by atoms with van der Waals surface area (Å²) in [6, 6.07) is 4.74. The Labute approximate surface area is 123 Å². The number of rotatable bonds is 4. The molecule has 0 N–H and O–H groups in total. The molecule has 20 heavy (non-hydrogen) atoms. The highest BCUT2D eigenvalue weighted by atomic mass is 32.1. The minimum absolute atomic E-state index is 0.679. The number of furan rings is 1. The Balaban J connectivity index is 1.40. The van der Waals surface area contributed by atoms with Crippen LogP contribution in [0.3, 0.4) is 0 Å². The quantitative estimate of drug-likeness (QED) is 0.865. The molecule has 0 radical (unpaired) electrons. The predicted octanol–water partition coefficient (Wildman–Crippen LogP) is 2.44. The number of fused-ring (bicyclic) bond motifs is 2. The lowest BCUT2D eigenvalue weighted by atomic mass is 10.0. The summed E-state index contributed by atoms with van der Waals surface area (Å²) < 4.78 is 5.49. The standard InChI is InChI=1S/C15H19N3OS/c1-2-14(19-4-1)10-18-8-12-6-13(18)9-17(7-12)11-15-16-3-5-20-15/h1-5,12-13H,6-11H2. The van der Waals surface area contributed by atoms with Crippen molar-refractivity contribution in [3.8, 4) is 0 Å². The van der Waals surface area contributed by atoms with Crippen LogP contribution in [0, 0.1) is 5.92 Å². The zero-order chi connectivity index (χ0) is 13.4. The molecular formula is C15H19N3OS. The average molecular weight is 289 g/mol. The molecule has 2 bridgehead atoms. The largest absolute Gasteiger partial charge is 0.468 e. The van der Waals surface area contributed by atoms with E-state index in [0.717, 1.165) is 31.3 Å². The van der Waals surface area contributed by atoms with Crippen LogP contribution in [-0.2, 0) is 13.1 Å². The normalized spacial score (nSPS) is 27.2. The highest BCUT2D eigenvalue weighted by molar-refractivity contribution is 7.09. The third-order valence-corrected chi connectivity index (χ3v) is 5.15. The monoisotopic (exact) mass is 289 g/mol. The third kappa shape index (κ3) is 2.53. The number of aromatic nitrogens is 1. The van der Waals surface area contributed by atoms with Crippen molar-refractivity contribution in [3.63, 3.8) is 0 Å². The van der Waals surface area contributed by atoms with Gasteiger partial charge in [0.1, 0.15) is 10.8 Å². The van der Waals surface area contributed by atoms with Crippen LogP contribution in [-0.4, -0.2) is 40.5 Å². The number of thiazole rings is 1. The lowest BCUT2D eigenvalue weighted by molar-refractivity contribution is 0.149. The van der Waals surface area contributed by atoms with E-state index in [9.17, 15) is 0 Å². The van der Waals surface area contributed by atoms with Gasteiger partial charge in [-0.25, -0.2) is 4.98 Å². The molecule has 2 aliphatic heterocycles. The summed E-state index contributed by atoms with van der Waals surface area (Å²) in [4.78, 5) is 9.57. The molecule has 0 spiro atoms. The smallest absolute Gasteiger partial charge is 0.117 e. The number of hydrogen-bond acceptors (Lipinski definition) is 5. The molecule has 106 valence electrons. The number of hydrogen-bond donors (Lipinski definition) is 0. The van der Waals surface area contributed by atoms with E-state index in [2.05, 4.69) is 26.2 Å². The molecule has 2 saturated heterocycles. The van der Waals surface area contributed by atoms with Gasteiger partial charge < -0.3 is 4.42 Å². The summed E-state index contributed by atoms with van der Waals surface area (Å²) in [5.41, 5.74) is 0. The molecule has 4 heterocycles. The van der Waals surface area contributed by atoms with Gasteiger partial charge in [-0.3, -0.25) is 9.80 Å². The second-order valence-electron chi connectivity index (χ2n) is 5.88. The van der Waals surface area contributed by atoms with E-state index < -0.39 is 0 Å². The zero-order valence-electron chi connectivity index (χ0n) is 11.4. The van der Waals surface area contributed by atoms with E-state index in [1.807, 2.05) is 12.3 Å². The molecule has 2 fully saturated rings. The van der Waals surface area contributed by atoms with Crippen LogP contribution >= 0.6 is 11.3 Å². The Bertz CT molecular complexity index is 537. The summed E-state index contributed by atoms with van der Waals surface area (Å²) in [5.74, 6) is 1.90. The first-order chi connectivity index (χ1) is 9.87. The molecule has 5 heteroatoms. The Morgan fingerprint density at radius 1 is 1.30 bits per heavy atom. The molecule has 2 atom stereocenters. The molecule has 0 aliphatic carbocycles. The van der Waals surface area contributed by atoms with Gasteiger partial charge in [0.2, 0.25) is 0 Å². The molecule has 0 aromatic carbocycles. The summed E-state index contributed by atoms with van der Waals surface area (Å²) in [6.45, 7) is 5.56. The molecule has 2 aliphatic rings. The van der Waals surface area contributed by atoms with E-state index in [-0.39, 0.29) is 0 Å². The lowest BCUT2D eigenvalue weighted by Crippen LogP contribution is -2.41. The van der Waals surface area contributed by atoms with Crippen LogP contribution in [0.1, 0.15) is 17.2 Å². The SMILES string of the molecule is c1coc(CN2CC3CC2CN(Cc2nccs2)C3)c1. The summed E-state index contributed by atoms with van der Waals surface area (Å²) in [7, 11) is 0. The Hall–Kier alpha value is -1.17. The molecule has 0 amide bonds. The average Bonchev–Trinajstić information content (AvgIpc) is 3.14. The fourth-order valence-corrected chi connectivity index (χ4v) is 4.25. The maximum absolute atomic E-state index is 5.49. The molecule has 0 saturated carbocycles. The fourth-order valence-electron chi connectivity index (χ4n) is 3.60. The molecule has 4 rings (SSSR count). The van der Waals surface area contributed by atoms with Crippen molar-refractivity contribution >= 4 is 11.3 Å². The van der Waals surface area contributed by atoms with Gasteiger partial charge in [-0.05, 0) is 24.5 Å².